The largest absolute Gasteiger partial charge is 0.457 e. The smallest absolute Gasteiger partial charge is 0.274 e. The molecule has 0 fully saturated rings. The van der Waals surface area contributed by atoms with E-state index in [1.807, 2.05) is 48.7 Å². The zero-order valence-corrected chi connectivity index (χ0v) is 15.7. The number of hydrogen-bond donors (Lipinski definition) is 1. The van der Waals surface area contributed by atoms with Crippen molar-refractivity contribution in [2.45, 2.75) is 19.8 Å². The van der Waals surface area contributed by atoms with E-state index in [-0.39, 0.29) is 5.56 Å². The van der Waals surface area contributed by atoms with Crippen LogP contribution in [0.2, 0.25) is 0 Å². The predicted octanol–water partition coefficient (Wildman–Crippen LogP) is 5.45. The molecule has 2 aromatic carbocycles. The number of H-pyrrole nitrogens is 1. The Kier molecular flexibility index (Phi) is 4.32. The second kappa shape index (κ2) is 6.80. The quantitative estimate of drug-likeness (QED) is 0.527. The number of aromatic amines is 1. The number of fused-ring (bicyclic) bond motifs is 1. The summed E-state index contributed by atoms with van der Waals surface area (Å²) in [4.78, 5) is 15.4. The first-order valence-corrected chi connectivity index (χ1v) is 9.08. The van der Waals surface area contributed by atoms with Crippen molar-refractivity contribution >= 4 is 10.9 Å². The summed E-state index contributed by atoms with van der Waals surface area (Å²) in [6, 6.07) is 18.0. The van der Waals surface area contributed by atoms with Gasteiger partial charge < -0.3 is 14.3 Å². The Morgan fingerprint density at radius 3 is 2.63 bits per heavy atom. The number of aromatic nitrogens is 2. The maximum Gasteiger partial charge on any atom is 0.274 e. The average Bonchev–Trinajstić information content (AvgIpc) is 3.16. The van der Waals surface area contributed by atoms with Gasteiger partial charge in [0, 0.05) is 36.0 Å². The molecule has 0 amide bonds. The van der Waals surface area contributed by atoms with Crippen LogP contribution in [0.3, 0.4) is 0 Å². The van der Waals surface area contributed by atoms with Crippen LogP contribution in [0.1, 0.15) is 25.3 Å². The van der Waals surface area contributed by atoms with Gasteiger partial charge in [0.05, 0.1) is 0 Å². The van der Waals surface area contributed by atoms with Gasteiger partial charge >= 0.3 is 0 Å². The number of rotatable bonds is 4. The lowest BCUT2D eigenvalue weighted by Gasteiger charge is -2.14. The monoisotopic (exact) mass is 358 g/mol. The minimum Gasteiger partial charge on any atom is -0.457 e. The first-order valence-electron chi connectivity index (χ1n) is 9.08. The van der Waals surface area contributed by atoms with E-state index in [2.05, 4.69) is 31.0 Å². The highest BCUT2D eigenvalue weighted by molar-refractivity contribution is 5.95. The molecule has 0 aliphatic rings. The number of benzene rings is 2. The summed E-state index contributed by atoms with van der Waals surface area (Å²) in [6.07, 6.45) is 3.66. The van der Waals surface area contributed by atoms with Crippen molar-refractivity contribution in [1.82, 2.24) is 9.55 Å². The number of para-hydroxylation sites is 1. The van der Waals surface area contributed by atoms with Crippen LogP contribution in [0.15, 0.2) is 71.8 Å². The van der Waals surface area contributed by atoms with E-state index in [4.69, 9.17) is 4.74 Å². The van der Waals surface area contributed by atoms with E-state index in [1.54, 1.807) is 17.8 Å². The van der Waals surface area contributed by atoms with E-state index in [0.717, 1.165) is 28.0 Å². The van der Waals surface area contributed by atoms with Gasteiger partial charge in [-0.3, -0.25) is 4.79 Å². The van der Waals surface area contributed by atoms with Crippen LogP contribution in [0.5, 0.6) is 11.5 Å². The molecular weight excluding hydrogens is 336 g/mol. The molecule has 0 aliphatic heterocycles. The normalized spacial score (nSPS) is 11.3. The molecule has 0 unspecified atom stereocenters. The maximum atomic E-state index is 12.4. The number of pyridine rings is 1. The van der Waals surface area contributed by atoms with Gasteiger partial charge in [-0.15, -0.1) is 0 Å². The number of ether oxygens (including phenoxy) is 1. The summed E-state index contributed by atoms with van der Waals surface area (Å²) < 4.78 is 7.85. The van der Waals surface area contributed by atoms with Crippen LogP contribution in [0, 0.1) is 0 Å². The van der Waals surface area contributed by atoms with Crippen molar-refractivity contribution in [2.75, 3.05) is 0 Å². The zero-order valence-electron chi connectivity index (χ0n) is 15.7. The summed E-state index contributed by atoms with van der Waals surface area (Å²) in [5, 5.41) is 0.894. The van der Waals surface area contributed by atoms with Crippen LogP contribution >= 0.6 is 0 Å². The number of aryl methyl sites for hydroxylation is 1. The van der Waals surface area contributed by atoms with E-state index in [9.17, 15) is 4.79 Å². The third kappa shape index (κ3) is 3.14. The lowest BCUT2D eigenvalue weighted by molar-refractivity contribution is 0.483. The van der Waals surface area contributed by atoms with Crippen LogP contribution in [-0.4, -0.2) is 9.55 Å². The number of hydrogen-bond acceptors (Lipinski definition) is 2. The Bertz CT molecular complexity index is 1170. The minimum absolute atomic E-state index is 0.0400. The maximum absolute atomic E-state index is 12.4. The van der Waals surface area contributed by atoms with Gasteiger partial charge in [0.15, 0.2) is 0 Å². The Labute approximate surface area is 158 Å². The van der Waals surface area contributed by atoms with Gasteiger partial charge in [-0.1, -0.05) is 44.2 Å². The molecule has 0 radical (unpaired) electrons. The highest BCUT2D eigenvalue weighted by Gasteiger charge is 2.14. The molecule has 2 aromatic heterocycles. The second-order valence-corrected chi connectivity index (χ2v) is 7.05. The average molecular weight is 358 g/mol. The SMILES string of the molecule is CC(C)c1cccc(Oc2ccccc2-c2cn(C)c(=O)c3[nH]ccc23)c1. The molecule has 4 nitrogen and oxygen atoms in total. The van der Waals surface area contributed by atoms with E-state index >= 15 is 0 Å². The fourth-order valence-electron chi connectivity index (χ4n) is 3.33. The number of nitrogens with one attached hydrogen (secondary N) is 1. The summed E-state index contributed by atoms with van der Waals surface area (Å²) >= 11 is 0. The van der Waals surface area contributed by atoms with Crippen molar-refractivity contribution in [3.05, 3.63) is 82.9 Å². The van der Waals surface area contributed by atoms with Gasteiger partial charge in [0.25, 0.3) is 5.56 Å². The lowest BCUT2D eigenvalue weighted by atomic mass is 10.0. The molecule has 2 heterocycles. The fourth-order valence-corrected chi connectivity index (χ4v) is 3.33. The van der Waals surface area contributed by atoms with Gasteiger partial charge in [0.1, 0.15) is 17.0 Å². The van der Waals surface area contributed by atoms with E-state index < -0.39 is 0 Å². The van der Waals surface area contributed by atoms with Gasteiger partial charge in [0.2, 0.25) is 0 Å². The third-order valence-corrected chi connectivity index (χ3v) is 4.82. The van der Waals surface area contributed by atoms with Crippen LogP contribution in [0.4, 0.5) is 0 Å². The standard InChI is InChI=1S/C23H22N2O2/c1-15(2)16-7-6-8-17(13-16)27-21-10-5-4-9-18(21)20-14-25(3)23(26)22-19(20)11-12-24-22/h4-15,24H,1-3H3. The summed E-state index contributed by atoms with van der Waals surface area (Å²) in [5.41, 5.74) is 3.71. The molecular formula is C23H22N2O2. The molecule has 0 saturated heterocycles. The van der Waals surface area contributed by atoms with Gasteiger partial charge in [-0.25, -0.2) is 0 Å². The summed E-state index contributed by atoms with van der Waals surface area (Å²) in [6.45, 7) is 4.33. The molecule has 4 rings (SSSR count). The minimum atomic E-state index is -0.0400. The lowest BCUT2D eigenvalue weighted by Crippen LogP contribution is -2.16. The molecule has 0 bridgehead atoms. The zero-order chi connectivity index (χ0) is 19.0. The van der Waals surface area contributed by atoms with Crippen molar-refractivity contribution in [2.24, 2.45) is 7.05 Å². The Morgan fingerprint density at radius 2 is 1.81 bits per heavy atom. The highest BCUT2D eigenvalue weighted by Crippen LogP contribution is 2.36. The summed E-state index contributed by atoms with van der Waals surface area (Å²) in [7, 11) is 1.77. The van der Waals surface area contributed by atoms with Crippen molar-refractivity contribution < 1.29 is 4.74 Å². The van der Waals surface area contributed by atoms with Gasteiger partial charge in [-0.05, 0) is 35.7 Å². The molecule has 27 heavy (non-hydrogen) atoms. The molecule has 0 spiro atoms. The first-order chi connectivity index (χ1) is 13.0. The Morgan fingerprint density at radius 1 is 1.00 bits per heavy atom. The Hall–Kier alpha value is -3.27. The van der Waals surface area contributed by atoms with Crippen molar-refractivity contribution in [3.8, 4) is 22.6 Å². The molecule has 4 heteroatoms. The number of nitrogens with zero attached hydrogens (tertiary/aromatic N) is 1. The van der Waals surface area contributed by atoms with Crippen molar-refractivity contribution in [3.63, 3.8) is 0 Å². The topological polar surface area (TPSA) is 47.0 Å². The van der Waals surface area contributed by atoms with Crippen LogP contribution in [-0.2, 0) is 7.05 Å². The first kappa shape index (κ1) is 17.2. The highest BCUT2D eigenvalue weighted by atomic mass is 16.5. The second-order valence-electron chi connectivity index (χ2n) is 7.05. The molecule has 1 N–H and O–H groups in total. The van der Waals surface area contributed by atoms with Gasteiger partial charge in [-0.2, -0.15) is 0 Å². The molecule has 0 aliphatic carbocycles. The molecule has 0 saturated carbocycles. The van der Waals surface area contributed by atoms with Crippen molar-refractivity contribution in [1.29, 1.82) is 0 Å². The molecule has 4 aromatic rings. The van der Waals surface area contributed by atoms with Crippen LogP contribution < -0.4 is 10.3 Å². The van der Waals surface area contributed by atoms with E-state index in [0.29, 0.717) is 11.4 Å². The molecule has 0 atom stereocenters. The third-order valence-electron chi connectivity index (χ3n) is 4.82. The predicted molar refractivity (Wildman–Crippen MR) is 110 cm³/mol. The van der Waals surface area contributed by atoms with Crippen LogP contribution in [0.25, 0.3) is 22.0 Å². The Balaban J connectivity index is 1.84. The summed E-state index contributed by atoms with van der Waals surface area (Å²) in [5.74, 6) is 2.01. The fraction of sp³-hybridized carbons (Fsp3) is 0.174. The molecule has 136 valence electrons. The van der Waals surface area contributed by atoms with E-state index in [1.165, 1.54) is 5.56 Å².